The van der Waals surface area contributed by atoms with Crippen LogP contribution < -0.4 is 5.38 Å². The third kappa shape index (κ3) is 9.17. The van der Waals surface area contributed by atoms with Gasteiger partial charge in [-0.15, -0.1) is 0 Å². The Morgan fingerprint density at radius 2 is 1.56 bits per heavy atom. The largest absolute Gasteiger partial charge is 0.474 e. The van der Waals surface area contributed by atoms with Crippen LogP contribution in [0.15, 0.2) is 21.9 Å². The first-order valence-corrected chi connectivity index (χ1v) is 13.6. The van der Waals surface area contributed by atoms with Crippen LogP contribution >= 0.6 is 0 Å². The van der Waals surface area contributed by atoms with E-state index < -0.39 is 8.07 Å². The molecule has 0 aliphatic rings. The Hall–Kier alpha value is -1.19. The Bertz CT molecular complexity index is 515. The molecule has 1 rings (SSSR count). The molecule has 0 amide bonds. The first-order valence-electron chi connectivity index (χ1n) is 10.1. The van der Waals surface area contributed by atoms with Crippen molar-refractivity contribution in [1.29, 1.82) is 0 Å². The molecule has 1 aromatic heterocycles. The quantitative estimate of drug-likeness (QED) is 0.111. The average molecular weight is 364 g/mol. The van der Waals surface area contributed by atoms with Crippen LogP contribution in [0.5, 0.6) is 0 Å². The lowest BCUT2D eigenvalue weighted by molar-refractivity contribution is 0.523. The summed E-state index contributed by atoms with van der Waals surface area (Å²) < 4.78 is 5.73. The van der Waals surface area contributed by atoms with E-state index in [-0.39, 0.29) is 6.04 Å². The zero-order valence-corrected chi connectivity index (χ0v) is 17.8. The molecule has 0 bridgehead atoms. The highest BCUT2D eigenvalue weighted by atomic mass is 28.3. The van der Waals surface area contributed by atoms with Crippen molar-refractivity contribution in [2.24, 2.45) is 5.11 Å². The standard InChI is InChI=1S/C20H37N3OSi/c1-5-6-7-8-9-10-11-12-13-14-15-19(22-23-21)18-16-20(24-17-18)25(2,3)4/h16-17,19H,5-15H2,1-4H3. The number of nitrogens with zero attached hydrogens (tertiary/aromatic N) is 3. The van der Waals surface area contributed by atoms with E-state index >= 15 is 0 Å². The highest BCUT2D eigenvalue weighted by Crippen LogP contribution is 2.25. The molecule has 0 saturated heterocycles. The van der Waals surface area contributed by atoms with E-state index in [2.05, 4.69) is 42.7 Å². The van der Waals surface area contributed by atoms with Crippen LogP contribution in [-0.4, -0.2) is 8.07 Å². The minimum Gasteiger partial charge on any atom is -0.474 e. The molecular formula is C20H37N3OSi. The summed E-state index contributed by atoms with van der Waals surface area (Å²) >= 11 is 0. The third-order valence-electron chi connectivity index (χ3n) is 4.77. The Balaban J connectivity index is 2.26. The summed E-state index contributed by atoms with van der Waals surface area (Å²) in [6, 6.07) is 2.04. The summed E-state index contributed by atoms with van der Waals surface area (Å²) in [6.45, 7) is 9.06. The minimum atomic E-state index is -1.45. The molecule has 1 aromatic rings. The summed E-state index contributed by atoms with van der Waals surface area (Å²) in [7, 11) is -1.45. The molecule has 142 valence electrons. The van der Waals surface area contributed by atoms with Crippen molar-refractivity contribution < 1.29 is 4.42 Å². The molecule has 0 N–H and O–H groups in total. The molecule has 0 aliphatic carbocycles. The summed E-state index contributed by atoms with van der Waals surface area (Å²) in [6.07, 6.45) is 15.9. The van der Waals surface area contributed by atoms with E-state index in [0.29, 0.717) is 0 Å². The van der Waals surface area contributed by atoms with Gasteiger partial charge in [0.2, 0.25) is 0 Å². The predicted octanol–water partition coefficient (Wildman–Crippen LogP) is 7.49. The number of rotatable bonds is 14. The van der Waals surface area contributed by atoms with Gasteiger partial charge < -0.3 is 4.42 Å². The molecule has 0 fully saturated rings. The van der Waals surface area contributed by atoms with Crippen LogP contribution in [0, 0.1) is 0 Å². The van der Waals surface area contributed by atoms with Crippen molar-refractivity contribution in [1.82, 2.24) is 0 Å². The van der Waals surface area contributed by atoms with Gasteiger partial charge in [-0.1, -0.05) is 95.9 Å². The van der Waals surface area contributed by atoms with E-state index in [9.17, 15) is 0 Å². The Morgan fingerprint density at radius 3 is 2.04 bits per heavy atom. The molecule has 1 unspecified atom stereocenters. The Morgan fingerprint density at radius 1 is 1.00 bits per heavy atom. The first kappa shape index (κ1) is 21.8. The van der Waals surface area contributed by atoms with Gasteiger partial charge in [-0.2, -0.15) is 0 Å². The fraction of sp³-hybridized carbons (Fsp3) is 0.800. The molecule has 0 spiro atoms. The lowest BCUT2D eigenvalue weighted by Crippen LogP contribution is -2.36. The van der Waals surface area contributed by atoms with Crippen LogP contribution in [-0.2, 0) is 0 Å². The molecule has 5 heteroatoms. The lowest BCUT2D eigenvalue weighted by Gasteiger charge is -2.11. The second-order valence-corrected chi connectivity index (χ2v) is 13.2. The van der Waals surface area contributed by atoms with E-state index in [0.717, 1.165) is 23.8 Å². The van der Waals surface area contributed by atoms with E-state index in [1.807, 2.05) is 0 Å². The van der Waals surface area contributed by atoms with Gasteiger partial charge in [0.05, 0.1) is 17.7 Å². The lowest BCUT2D eigenvalue weighted by atomic mass is 10.0. The topological polar surface area (TPSA) is 61.9 Å². The molecule has 0 radical (unpaired) electrons. The second-order valence-electron chi connectivity index (χ2n) is 8.19. The fourth-order valence-corrected chi connectivity index (χ4v) is 4.11. The molecule has 0 aromatic carbocycles. The van der Waals surface area contributed by atoms with Crippen molar-refractivity contribution in [3.63, 3.8) is 0 Å². The zero-order chi connectivity index (χ0) is 18.5. The molecule has 1 heterocycles. The summed E-state index contributed by atoms with van der Waals surface area (Å²) in [4.78, 5) is 3.04. The molecule has 0 aliphatic heterocycles. The maximum atomic E-state index is 8.86. The maximum absolute atomic E-state index is 8.86. The summed E-state index contributed by atoms with van der Waals surface area (Å²) in [5.74, 6) is 0. The van der Waals surface area contributed by atoms with Gasteiger partial charge in [-0.3, -0.25) is 0 Å². The van der Waals surface area contributed by atoms with Crippen molar-refractivity contribution in [2.75, 3.05) is 0 Å². The van der Waals surface area contributed by atoms with Gasteiger partial charge in [-0.25, -0.2) is 0 Å². The van der Waals surface area contributed by atoms with E-state index in [1.54, 1.807) is 6.26 Å². The van der Waals surface area contributed by atoms with Gasteiger partial charge >= 0.3 is 0 Å². The highest BCUT2D eigenvalue weighted by molar-refractivity contribution is 6.87. The van der Waals surface area contributed by atoms with E-state index in [4.69, 9.17) is 9.95 Å². The Labute approximate surface area is 155 Å². The average Bonchev–Trinajstić information content (AvgIpc) is 3.06. The predicted molar refractivity (Wildman–Crippen MR) is 110 cm³/mol. The van der Waals surface area contributed by atoms with Gasteiger partial charge in [0.25, 0.3) is 0 Å². The van der Waals surface area contributed by atoms with Crippen LogP contribution in [0.1, 0.15) is 89.2 Å². The monoisotopic (exact) mass is 363 g/mol. The van der Waals surface area contributed by atoms with Crippen LogP contribution in [0.25, 0.3) is 10.4 Å². The van der Waals surface area contributed by atoms with Crippen molar-refractivity contribution in [2.45, 2.75) is 103 Å². The molecule has 1 atom stereocenters. The number of furan rings is 1. The van der Waals surface area contributed by atoms with Gasteiger partial charge in [0, 0.05) is 4.91 Å². The van der Waals surface area contributed by atoms with Crippen molar-refractivity contribution >= 4 is 13.5 Å². The molecule has 25 heavy (non-hydrogen) atoms. The van der Waals surface area contributed by atoms with Gasteiger partial charge in [-0.05, 0) is 23.6 Å². The summed E-state index contributed by atoms with van der Waals surface area (Å²) in [5, 5.41) is 5.09. The maximum Gasteiger partial charge on any atom is 0.123 e. The summed E-state index contributed by atoms with van der Waals surface area (Å²) in [5.41, 5.74) is 9.91. The van der Waals surface area contributed by atoms with E-state index in [1.165, 1.54) is 57.8 Å². The number of azide groups is 1. The molecular weight excluding hydrogens is 326 g/mol. The number of hydrogen-bond donors (Lipinski definition) is 0. The first-order chi connectivity index (χ1) is 12.0. The van der Waals surface area contributed by atoms with Crippen LogP contribution in [0.4, 0.5) is 0 Å². The Kier molecular flexibility index (Phi) is 10.7. The van der Waals surface area contributed by atoms with Crippen LogP contribution in [0.3, 0.4) is 0 Å². The van der Waals surface area contributed by atoms with Gasteiger partial charge in [0.1, 0.15) is 8.07 Å². The van der Waals surface area contributed by atoms with Crippen molar-refractivity contribution in [3.8, 4) is 0 Å². The SMILES string of the molecule is CCCCCCCCCCCCC(N=[N+]=[N-])c1coc([Si](C)(C)C)c1. The number of hydrogen-bond acceptors (Lipinski definition) is 2. The normalized spacial score (nSPS) is 12.8. The molecule has 4 nitrogen and oxygen atoms in total. The minimum absolute atomic E-state index is 0.0760. The third-order valence-corrected chi connectivity index (χ3v) is 6.51. The fourth-order valence-electron chi connectivity index (χ4n) is 3.10. The second kappa shape index (κ2) is 12.2. The number of unbranched alkanes of at least 4 members (excludes halogenated alkanes) is 9. The zero-order valence-electron chi connectivity index (χ0n) is 16.8. The van der Waals surface area contributed by atoms with Crippen LogP contribution in [0.2, 0.25) is 19.6 Å². The van der Waals surface area contributed by atoms with Gasteiger partial charge in [0.15, 0.2) is 0 Å². The molecule has 0 saturated carbocycles. The highest BCUT2D eigenvalue weighted by Gasteiger charge is 2.22. The smallest absolute Gasteiger partial charge is 0.123 e. The van der Waals surface area contributed by atoms with Crippen molar-refractivity contribution in [3.05, 3.63) is 28.3 Å².